The standard InChI is InChI=1S/C12H15ClN2O3/c1-12(2,3)18-11(17)14-6-8-4-9(7-16)15-10(13)5-8/h4-5,7H,6H2,1-3H3,(H,14,17). The first-order chi connectivity index (χ1) is 8.30. The fourth-order valence-electron chi connectivity index (χ4n) is 1.22. The molecule has 0 aliphatic carbocycles. The molecule has 1 N–H and O–H groups in total. The van der Waals surface area contributed by atoms with Gasteiger partial charge >= 0.3 is 6.09 Å². The number of ether oxygens (including phenoxy) is 1. The lowest BCUT2D eigenvalue weighted by atomic mass is 10.2. The summed E-state index contributed by atoms with van der Waals surface area (Å²) in [4.78, 5) is 25.8. The van der Waals surface area contributed by atoms with E-state index in [4.69, 9.17) is 16.3 Å². The number of pyridine rings is 1. The number of nitrogens with one attached hydrogen (secondary N) is 1. The lowest BCUT2D eigenvalue weighted by Crippen LogP contribution is -2.32. The van der Waals surface area contributed by atoms with Crippen molar-refractivity contribution < 1.29 is 14.3 Å². The number of hydrogen-bond acceptors (Lipinski definition) is 4. The van der Waals surface area contributed by atoms with Gasteiger partial charge in [0.05, 0.1) is 0 Å². The topological polar surface area (TPSA) is 68.3 Å². The largest absolute Gasteiger partial charge is 0.444 e. The number of carbonyl (C=O) groups is 2. The Bertz CT molecular complexity index is 455. The molecule has 0 saturated heterocycles. The van der Waals surface area contributed by atoms with Gasteiger partial charge < -0.3 is 10.1 Å². The van der Waals surface area contributed by atoms with E-state index in [1.807, 2.05) is 0 Å². The SMILES string of the molecule is CC(C)(C)OC(=O)NCc1cc(Cl)nc(C=O)c1. The van der Waals surface area contributed by atoms with Crippen LogP contribution in [0, 0.1) is 0 Å². The zero-order valence-corrected chi connectivity index (χ0v) is 11.2. The summed E-state index contributed by atoms with van der Waals surface area (Å²) in [7, 11) is 0. The molecule has 0 atom stereocenters. The number of amides is 1. The van der Waals surface area contributed by atoms with Crippen molar-refractivity contribution in [3.8, 4) is 0 Å². The number of alkyl carbamates (subject to hydrolysis) is 1. The van der Waals surface area contributed by atoms with Crippen LogP contribution in [0.25, 0.3) is 0 Å². The number of nitrogens with zero attached hydrogens (tertiary/aromatic N) is 1. The van der Waals surface area contributed by atoms with E-state index in [1.54, 1.807) is 32.9 Å². The minimum atomic E-state index is -0.548. The predicted octanol–water partition coefficient (Wildman–Crippen LogP) is 2.57. The van der Waals surface area contributed by atoms with Crippen LogP contribution in [0.2, 0.25) is 5.15 Å². The Hall–Kier alpha value is -1.62. The van der Waals surface area contributed by atoms with Crippen LogP contribution in [0.15, 0.2) is 12.1 Å². The Labute approximate surface area is 110 Å². The number of hydrogen-bond donors (Lipinski definition) is 1. The first-order valence-corrected chi connectivity index (χ1v) is 5.76. The third-order valence-electron chi connectivity index (χ3n) is 1.83. The molecule has 98 valence electrons. The van der Waals surface area contributed by atoms with E-state index in [9.17, 15) is 9.59 Å². The predicted molar refractivity (Wildman–Crippen MR) is 67.7 cm³/mol. The molecule has 6 heteroatoms. The summed E-state index contributed by atoms with van der Waals surface area (Å²) in [5, 5.41) is 2.78. The molecule has 0 bridgehead atoms. The van der Waals surface area contributed by atoms with Crippen molar-refractivity contribution in [2.24, 2.45) is 0 Å². The van der Waals surface area contributed by atoms with Gasteiger partial charge in [-0.25, -0.2) is 9.78 Å². The maximum Gasteiger partial charge on any atom is 0.407 e. The Balaban J connectivity index is 2.61. The number of halogens is 1. The first kappa shape index (κ1) is 14.4. The summed E-state index contributed by atoms with van der Waals surface area (Å²) in [5.74, 6) is 0. The van der Waals surface area contributed by atoms with Crippen molar-refractivity contribution >= 4 is 24.0 Å². The Morgan fingerprint density at radius 1 is 1.50 bits per heavy atom. The van der Waals surface area contributed by atoms with Crippen molar-refractivity contribution in [3.63, 3.8) is 0 Å². The summed E-state index contributed by atoms with van der Waals surface area (Å²) in [6.45, 7) is 5.55. The summed E-state index contributed by atoms with van der Waals surface area (Å²) in [6, 6.07) is 3.13. The Kier molecular flexibility index (Phi) is 4.67. The summed E-state index contributed by atoms with van der Waals surface area (Å²) in [6.07, 6.45) is 0.0751. The molecular formula is C12H15ClN2O3. The third kappa shape index (κ3) is 5.14. The van der Waals surface area contributed by atoms with Crippen molar-refractivity contribution in [2.75, 3.05) is 0 Å². The molecule has 0 saturated carbocycles. The maximum atomic E-state index is 11.4. The molecule has 0 aliphatic heterocycles. The molecule has 0 aliphatic rings. The molecule has 5 nitrogen and oxygen atoms in total. The van der Waals surface area contributed by atoms with Gasteiger partial charge in [0.1, 0.15) is 16.4 Å². The normalized spacial score (nSPS) is 10.9. The third-order valence-corrected chi connectivity index (χ3v) is 2.02. The van der Waals surface area contributed by atoms with E-state index in [0.717, 1.165) is 0 Å². The highest BCUT2D eigenvalue weighted by atomic mass is 35.5. The van der Waals surface area contributed by atoms with Gasteiger partial charge in [-0.2, -0.15) is 0 Å². The lowest BCUT2D eigenvalue weighted by Gasteiger charge is -2.19. The zero-order chi connectivity index (χ0) is 13.8. The van der Waals surface area contributed by atoms with Crippen LogP contribution < -0.4 is 5.32 Å². The number of aromatic nitrogens is 1. The van der Waals surface area contributed by atoms with Crippen LogP contribution in [0.5, 0.6) is 0 Å². The highest BCUT2D eigenvalue weighted by molar-refractivity contribution is 6.29. The molecule has 1 heterocycles. The monoisotopic (exact) mass is 270 g/mol. The molecular weight excluding hydrogens is 256 g/mol. The van der Waals surface area contributed by atoms with Gasteiger partial charge in [-0.1, -0.05) is 11.6 Å². The van der Waals surface area contributed by atoms with Gasteiger partial charge in [0.2, 0.25) is 0 Å². The fourth-order valence-corrected chi connectivity index (χ4v) is 1.46. The van der Waals surface area contributed by atoms with Gasteiger partial charge in [-0.3, -0.25) is 4.79 Å². The molecule has 1 aromatic heterocycles. The highest BCUT2D eigenvalue weighted by Gasteiger charge is 2.15. The molecule has 0 radical (unpaired) electrons. The van der Waals surface area contributed by atoms with Crippen molar-refractivity contribution in [1.82, 2.24) is 10.3 Å². The smallest absolute Gasteiger partial charge is 0.407 e. The molecule has 1 aromatic rings. The molecule has 1 amide bonds. The van der Waals surface area contributed by atoms with Gasteiger partial charge in [-0.05, 0) is 38.5 Å². The van der Waals surface area contributed by atoms with E-state index >= 15 is 0 Å². The van der Waals surface area contributed by atoms with Crippen LogP contribution in [0.1, 0.15) is 36.8 Å². The average Bonchev–Trinajstić information content (AvgIpc) is 2.23. The van der Waals surface area contributed by atoms with Crippen LogP contribution in [-0.4, -0.2) is 23.0 Å². The number of rotatable bonds is 3. The van der Waals surface area contributed by atoms with Gasteiger partial charge in [0.25, 0.3) is 0 Å². The average molecular weight is 271 g/mol. The minimum Gasteiger partial charge on any atom is -0.444 e. The molecule has 0 spiro atoms. The van der Waals surface area contributed by atoms with E-state index in [0.29, 0.717) is 11.8 Å². The second-order valence-corrected chi connectivity index (χ2v) is 5.08. The van der Waals surface area contributed by atoms with E-state index in [1.165, 1.54) is 0 Å². The number of aldehydes is 1. The van der Waals surface area contributed by atoms with E-state index in [-0.39, 0.29) is 17.4 Å². The first-order valence-electron chi connectivity index (χ1n) is 5.38. The Morgan fingerprint density at radius 2 is 2.17 bits per heavy atom. The van der Waals surface area contributed by atoms with Crippen molar-refractivity contribution in [3.05, 3.63) is 28.5 Å². The summed E-state index contributed by atoms with van der Waals surface area (Å²) >= 11 is 5.74. The van der Waals surface area contributed by atoms with Crippen molar-refractivity contribution in [2.45, 2.75) is 32.9 Å². The van der Waals surface area contributed by atoms with Crippen LogP contribution >= 0.6 is 11.6 Å². The number of carbonyl (C=O) groups excluding carboxylic acids is 2. The van der Waals surface area contributed by atoms with Gasteiger partial charge in [0, 0.05) is 6.54 Å². The molecule has 0 unspecified atom stereocenters. The Morgan fingerprint density at radius 3 is 2.72 bits per heavy atom. The van der Waals surface area contributed by atoms with Crippen molar-refractivity contribution in [1.29, 1.82) is 0 Å². The van der Waals surface area contributed by atoms with E-state index < -0.39 is 11.7 Å². The quantitative estimate of drug-likeness (QED) is 0.677. The second kappa shape index (κ2) is 5.82. The molecule has 0 aromatic carbocycles. The summed E-state index contributed by atoms with van der Waals surface area (Å²) in [5.41, 5.74) is 0.361. The van der Waals surface area contributed by atoms with Gasteiger partial charge in [0.15, 0.2) is 6.29 Å². The van der Waals surface area contributed by atoms with Crippen LogP contribution in [-0.2, 0) is 11.3 Å². The molecule has 18 heavy (non-hydrogen) atoms. The minimum absolute atomic E-state index is 0.209. The lowest BCUT2D eigenvalue weighted by molar-refractivity contribution is 0.0523. The van der Waals surface area contributed by atoms with Gasteiger partial charge in [-0.15, -0.1) is 0 Å². The zero-order valence-electron chi connectivity index (χ0n) is 10.5. The summed E-state index contributed by atoms with van der Waals surface area (Å²) < 4.78 is 5.08. The maximum absolute atomic E-state index is 11.4. The molecule has 1 rings (SSSR count). The second-order valence-electron chi connectivity index (χ2n) is 4.70. The molecule has 0 fully saturated rings. The highest BCUT2D eigenvalue weighted by Crippen LogP contribution is 2.11. The van der Waals surface area contributed by atoms with Crippen LogP contribution in [0.4, 0.5) is 4.79 Å². The van der Waals surface area contributed by atoms with E-state index in [2.05, 4.69) is 10.3 Å². The van der Waals surface area contributed by atoms with Crippen LogP contribution in [0.3, 0.4) is 0 Å². The fraction of sp³-hybridized carbons (Fsp3) is 0.417.